The van der Waals surface area contributed by atoms with E-state index in [9.17, 15) is 0 Å². The van der Waals surface area contributed by atoms with E-state index in [0.717, 1.165) is 25.6 Å². The van der Waals surface area contributed by atoms with Crippen molar-refractivity contribution in [2.24, 2.45) is 4.99 Å². The second-order valence-corrected chi connectivity index (χ2v) is 6.36. The molecule has 1 aromatic carbocycles. The molecule has 0 amide bonds. The van der Waals surface area contributed by atoms with Crippen LogP contribution in [0.1, 0.15) is 50.2 Å². The van der Waals surface area contributed by atoms with E-state index in [1.807, 2.05) is 7.05 Å². The lowest BCUT2D eigenvalue weighted by atomic mass is 10.1. The summed E-state index contributed by atoms with van der Waals surface area (Å²) in [6.07, 6.45) is 6.42. The van der Waals surface area contributed by atoms with Gasteiger partial charge in [-0.3, -0.25) is 9.89 Å². The molecule has 0 atom stereocenters. The largest absolute Gasteiger partial charge is 0.356 e. The molecule has 0 aromatic heterocycles. The minimum absolute atomic E-state index is 0. The number of hydrogen-bond acceptors (Lipinski definition) is 2. The van der Waals surface area contributed by atoms with Crippen LogP contribution in [0, 0.1) is 0 Å². The first-order valence-corrected chi connectivity index (χ1v) is 9.06. The molecule has 0 unspecified atom stereocenters. The van der Waals surface area contributed by atoms with Gasteiger partial charge >= 0.3 is 0 Å². The van der Waals surface area contributed by atoms with Crippen molar-refractivity contribution in [2.45, 2.75) is 52.1 Å². The van der Waals surface area contributed by atoms with Gasteiger partial charge in [-0.2, -0.15) is 0 Å². The van der Waals surface area contributed by atoms with E-state index in [0.29, 0.717) is 0 Å². The van der Waals surface area contributed by atoms with Crippen LogP contribution in [0.3, 0.4) is 0 Å². The molecule has 136 valence electrons. The van der Waals surface area contributed by atoms with Gasteiger partial charge in [0, 0.05) is 26.7 Å². The Balaban J connectivity index is 0.00000288. The number of aliphatic imine (C=N–C) groups is 1. The van der Waals surface area contributed by atoms with E-state index < -0.39 is 0 Å². The van der Waals surface area contributed by atoms with Crippen molar-refractivity contribution in [3.05, 3.63) is 35.4 Å². The van der Waals surface area contributed by atoms with Crippen LogP contribution in [-0.2, 0) is 13.1 Å². The van der Waals surface area contributed by atoms with Crippen molar-refractivity contribution in [3.8, 4) is 0 Å². The molecular formula is C19H33IN4. The first-order valence-electron chi connectivity index (χ1n) is 9.06. The predicted octanol–water partition coefficient (Wildman–Crippen LogP) is 3.76. The van der Waals surface area contributed by atoms with Crippen LogP contribution in [0.2, 0.25) is 0 Å². The summed E-state index contributed by atoms with van der Waals surface area (Å²) >= 11 is 0. The molecule has 4 nitrogen and oxygen atoms in total. The predicted molar refractivity (Wildman–Crippen MR) is 114 cm³/mol. The number of likely N-dealkylation sites (tertiary alicyclic amines) is 1. The Labute approximate surface area is 164 Å². The Bertz CT molecular complexity index is 467. The van der Waals surface area contributed by atoms with Crippen molar-refractivity contribution in [1.29, 1.82) is 0 Å². The Kier molecular flexibility index (Phi) is 11.1. The van der Waals surface area contributed by atoms with Crippen molar-refractivity contribution < 1.29 is 0 Å². The van der Waals surface area contributed by atoms with Gasteiger partial charge in [0.25, 0.3) is 0 Å². The van der Waals surface area contributed by atoms with E-state index in [-0.39, 0.29) is 24.0 Å². The van der Waals surface area contributed by atoms with Gasteiger partial charge in [-0.15, -0.1) is 24.0 Å². The van der Waals surface area contributed by atoms with Crippen LogP contribution in [0.15, 0.2) is 29.3 Å². The molecule has 5 heteroatoms. The Hall–Kier alpha value is -0.820. The zero-order valence-electron chi connectivity index (χ0n) is 15.2. The van der Waals surface area contributed by atoms with Gasteiger partial charge < -0.3 is 10.6 Å². The molecule has 1 heterocycles. The summed E-state index contributed by atoms with van der Waals surface area (Å²) < 4.78 is 0. The van der Waals surface area contributed by atoms with Crippen LogP contribution in [0.25, 0.3) is 0 Å². The number of nitrogens with one attached hydrogen (secondary N) is 2. The molecule has 0 aliphatic carbocycles. The van der Waals surface area contributed by atoms with Crippen molar-refractivity contribution in [3.63, 3.8) is 0 Å². The number of nitrogens with zero attached hydrogens (tertiary/aromatic N) is 2. The summed E-state index contributed by atoms with van der Waals surface area (Å²) in [7, 11) is 1.83. The number of halogens is 1. The SMILES string of the molecule is CCCCCNC(=NC)NCc1ccc(CN2CCCC2)cc1.I. The summed E-state index contributed by atoms with van der Waals surface area (Å²) in [5, 5.41) is 6.75. The lowest BCUT2D eigenvalue weighted by molar-refractivity contribution is 0.331. The van der Waals surface area contributed by atoms with Gasteiger partial charge in [0.15, 0.2) is 5.96 Å². The normalized spacial score (nSPS) is 15.2. The first-order chi connectivity index (χ1) is 11.3. The van der Waals surface area contributed by atoms with Gasteiger partial charge in [-0.1, -0.05) is 44.0 Å². The van der Waals surface area contributed by atoms with Gasteiger partial charge in [-0.05, 0) is 43.5 Å². The maximum absolute atomic E-state index is 4.27. The fourth-order valence-electron chi connectivity index (χ4n) is 2.95. The third-order valence-corrected chi connectivity index (χ3v) is 4.38. The highest BCUT2D eigenvalue weighted by molar-refractivity contribution is 14.0. The molecule has 0 bridgehead atoms. The molecule has 1 aliphatic heterocycles. The van der Waals surface area contributed by atoms with Crippen molar-refractivity contribution in [2.75, 3.05) is 26.7 Å². The summed E-state index contributed by atoms with van der Waals surface area (Å²) in [6.45, 7) is 7.63. The van der Waals surface area contributed by atoms with Crippen LogP contribution >= 0.6 is 24.0 Å². The molecular weight excluding hydrogens is 411 g/mol. The number of benzene rings is 1. The minimum Gasteiger partial charge on any atom is -0.356 e. The fraction of sp³-hybridized carbons (Fsp3) is 0.632. The van der Waals surface area contributed by atoms with Gasteiger partial charge in [0.05, 0.1) is 0 Å². The highest BCUT2D eigenvalue weighted by Crippen LogP contribution is 2.13. The monoisotopic (exact) mass is 444 g/mol. The molecule has 1 fully saturated rings. The standard InChI is InChI=1S/C19H32N4.HI/c1-3-4-5-12-21-19(20-2)22-15-17-8-10-18(11-9-17)16-23-13-6-7-14-23;/h8-11H,3-7,12-16H2,1-2H3,(H2,20,21,22);1H. The topological polar surface area (TPSA) is 39.7 Å². The highest BCUT2D eigenvalue weighted by Gasteiger charge is 2.11. The molecule has 1 aromatic rings. The van der Waals surface area contributed by atoms with Gasteiger partial charge in [0.2, 0.25) is 0 Å². The van der Waals surface area contributed by atoms with E-state index in [1.165, 1.54) is 56.3 Å². The minimum atomic E-state index is 0. The average Bonchev–Trinajstić information content (AvgIpc) is 3.08. The Morgan fingerprint density at radius 1 is 1.04 bits per heavy atom. The van der Waals surface area contributed by atoms with E-state index in [1.54, 1.807) is 0 Å². The van der Waals surface area contributed by atoms with Gasteiger partial charge in [-0.25, -0.2) is 0 Å². The molecule has 2 rings (SSSR count). The van der Waals surface area contributed by atoms with Crippen LogP contribution in [0.4, 0.5) is 0 Å². The lowest BCUT2D eigenvalue weighted by Gasteiger charge is -2.15. The highest BCUT2D eigenvalue weighted by atomic mass is 127. The Morgan fingerprint density at radius 3 is 2.33 bits per heavy atom. The third kappa shape index (κ3) is 7.83. The third-order valence-electron chi connectivity index (χ3n) is 4.38. The molecule has 0 spiro atoms. The van der Waals surface area contributed by atoms with Crippen LogP contribution in [-0.4, -0.2) is 37.5 Å². The Morgan fingerprint density at radius 2 is 1.71 bits per heavy atom. The zero-order chi connectivity index (χ0) is 16.3. The molecule has 2 N–H and O–H groups in total. The molecule has 0 radical (unpaired) electrons. The van der Waals surface area contributed by atoms with Gasteiger partial charge in [0.1, 0.15) is 0 Å². The zero-order valence-corrected chi connectivity index (χ0v) is 17.5. The molecule has 1 saturated heterocycles. The smallest absolute Gasteiger partial charge is 0.191 e. The summed E-state index contributed by atoms with van der Waals surface area (Å²) in [5.74, 6) is 0.891. The first kappa shape index (κ1) is 21.2. The maximum Gasteiger partial charge on any atom is 0.191 e. The summed E-state index contributed by atoms with van der Waals surface area (Å²) in [4.78, 5) is 6.81. The summed E-state index contributed by atoms with van der Waals surface area (Å²) in [5.41, 5.74) is 2.71. The molecule has 0 saturated carbocycles. The second kappa shape index (κ2) is 12.5. The number of unbranched alkanes of at least 4 members (excludes halogenated alkanes) is 2. The lowest BCUT2D eigenvalue weighted by Crippen LogP contribution is -2.37. The second-order valence-electron chi connectivity index (χ2n) is 6.36. The summed E-state index contributed by atoms with van der Waals surface area (Å²) in [6, 6.07) is 8.96. The number of rotatable bonds is 8. The number of guanidine groups is 1. The fourth-order valence-corrected chi connectivity index (χ4v) is 2.95. The van der Waals surface area contributed by atoms with E-state index in [2.05, 4.69) is 51.7 Å². The average molecular weight is 444 g/mol. The number of hydrogen-bond donors (Lipinski definition) is 2. The van der Waals surface area contributed by atoms with E-state index in [4.69, 9.17) is 0 Å². The maximum atomic E-state index is 4.27. The van der Waals surface area contributed by atoms with Crippen molar-refractivity contribution >= 4 is 29.9 Å². The van der Waals surface area contributed by atoms with Crippen LogP contribution in [0.5, 0.6) is 0 Å². The van der Waals surface area contributed by atoms with Crippen LogP contribution < -0.4 is 10.6 Å². The quantitative estimate of drug-likeness (QED) is 0.278. The molecule has 1 aliphatic rings. The van der Waals surface area contributed by atoms with Crippen molar-refractivity contribution in [1.82, 2.24) is 15.5 Å². The van der Waals surface area contributed by atoms with E-state index >= 15 is 0 Å². The molecule has 24 heavy (non-hydrogen) atoms.